The number of hydrogen-bond acceptors (Lipinski definition) is 2. The van der Waals surface area contributed by atoms with Crippen LogP contribution in [0.4, 0.5) is 20.2 Å². The fourth-order valence-corrected chi connectivity index (χ4v) is 2.53. The van der Waals surface area contributed by atoms with Gasteiger partial charge in [-0.05, 0) is 30.3 Å². The second kappa shape index (κ2) is 8.01. The Kier molecular flexibility index (Phi) is 6.03. The van der Waals surface area contributed by atoms with Gasteiger partial charge in [0.25, 0.3) is 0 Å². The summed E-state index contributed by atoms with van der Waals surface area (Å²) in [5.74, 6) is -2.52. The van der Waals surface area contributed by atoms with Crippen LogP contribution < -0.4 is 10.2 Å². The Bertz CT molecular complexity index is 748. The number of benzene rings is 2. The molecule has 4 nitrogen and oxygen atoms in total. The molecule has 0 fully saturated rings. The normalized spacial score (nSPS) is 10.3. The van der Waals surface area contributed by atoms with E-state index < -0.39 is 23.2 Å². The Morgan fingerprint density at radius 3 is 2.33 bits per heavy atom. The highest BCUT2D eigenvalue weighted by Crippen LogP contribution is 2.21. The molecule has 0 spiro atoms. The third kappa shape index (κ3) is 4.61. The van der Waals surface area contributed by atoms with Gasteiger partial charge in [-0.3, -0.25) is 9.59 Å². The minimum Gasteiger partial charge on any atom is -0.321 e. The molecule has 0 atom stereocenters. The second-order valence-corrected chi connectivity index (χ2v) is 5.96. The molecule has 0 saturated heterocycles. The number of carbonyl (C=O) groups is 2. The average molecular weight is 397 g/mol. The fraction of sp³-hybridized carbons (Fsp3) is 0.176. The molecule has 0 aliphatic rings. The Hall–Kier alpha value is -2.28. The molecule has 0 aromatic heterocycles. The van der Waals surface area contributed by atoms with E-state index in [4.69, 9.17) is 0 Å². The zero-order chi connectivity index (χ0) is 17.7. The van der Waals surface area contributed by atoms with E-state index in [1.165, 1.54) is 17.9 Å². The van der Waals surface area contributed by atoms with Gasteiger partial charge in [0.05, 0.1) is 0 Å². The van der Waals surface area contributed by atoms with Gasteiger partial charge in [-0.1, -0.05) is 28.1 Å². The minimum absolute atomic E-state index is 0.0910. The predicted molar refractivity (Wildman–Crippen MR) is 91.8 cm³/mol. The molecular weight excluding hydrogens is 382 g/mol. The third-order valence-electron chi connectivity index (χ3n) is 3.29. The van der Waals surface area contributed by atoms with E-state index in [2.05, 4.69) is 21.2 Å². The van der Waals surface area contributed by atoms with E-state index in [1.54, 1.807) is 18.2 Å². The molecule has 24 heavy (non-hydrogen) atoms. The van der Waals surface area contributed by atoms with Crippen LogP contribution in [0.15, 0.2) is 46.9 Å². The summed E-state index contributed by atoms with van der Waals surface area (Å²) in [5.41, 5.74) is 0.140. The Morgan fingerprint density at radius 2 is 1.75 bits per heavy atom. The highest BCUT2D eigenvalue weighted by atomic mass is 79.9. The summed E-state index contributed by atoms with van der Waals surface area (Å²) in [6.45, 7) is 1.48. The molecule has 0 heterocycles. The standard InChI is InChI=1S/C17H15BrF2N2O2/c1-11(23)22(13-5-2-4-12(18)10-13)9-8-16(24)21-17-14(19)6-3-7-15(17)20/h2-7,10H,8-9H2,1H3,(H,21,24). The van der Waals surface area contributed by atoms with Crippen LogP contribution in [-0.2, 0) is 9.59 Å². The van der Waals surface area contributed by atoms with Crippen LogP contribution in [0, 0.1) is 11.6 Å². The first-order chi connectivity index (χ1) is 11.4. The number of nitrogens with one attached hydrogen (secondary N) is 1. The smallest absolute Gasteiger partial charge is 0.226 e. The number of nitrogens with zero attached hydrogens (tertiary/aromatic N) is 1. The lowest BCUT2D eigenvalue weighted by Crippen LogP contribution is -2.32. The van der Waals surface area contributed by atoms with E-state index >= 15 is 0 Å². The molecule has 126 valence electrons. The number of halogens is 3. The summed E-state index contributed by atoms with van der Waals surface area (Å²) in [4.78, 5) is 25.2. The molecular formula is C17H15BrF2N2O2. The van der Waals surface area contributed by atoms with E-state index in [-0.39, 0.29) is 18.9 Å². The molecule has 2 aromatic carbocycles. The van der Waals surface area contributed by atoms with Gasteiger partial charge in [0, 0.05) is 30.0 Å². The van der Waals surface area contributed by atoms with Gasteiger partial charge in [0.1, 0.15) is 17.3 Å². The van der Waals surface area contributed by atoms with Gasteiger partial charge in [0.2, 0.25) is 11.8 Å². The SMILES string of the molecule is CC(=O)N(CCC(=O)Nc1c(F)cccc1F)c1cccc(Br)c1. The number of rotatable bonds is 5. The maximum atomic E-state index is 13.5. The van der Waals surface area contributed by atoms with Crippen molar-refractivity contribution in [2.75, 3.05) is 16.8 Å². The summed E-state index contributed by atoms with van der Waals surface area (Å²) in [5, 5.41) is 2.20. The van der Waals surface area contributed by atoms with Crippen LogP contribution in [-0.4, -0.2) is 18.4 Å². The first-order valence-electron chi connectivity index (χ1n) is 7.16. The van der Waals surface area contributed by atoms with Gasteiger partial charge in [-0.15, -0.1) is 0 Å². The number of anilines is 2. The van der Waals surface area contributed by atoms with Crippen molar-refractivity contribution in [2.45, 2.75) is 13.3 Å². The number of carbonyl (C=O) groups excluding carboxylic acids is 2. The van der Waals surface area contributed by atoms with Gasteiger partial charge in [-0.2, -0.15) is 0 Å². The molecule has 0 radical (unpaired) electrons. The molecule has 0 bridgehead atoms. The van der Waals surface area contributed by atoms with Crippen molar-refractivity contribution in [2.24, 2.45) is 0 Å². The molecule has 2 rings (SSSR count). The topological polar surface area (TPSA) is 49.4 Å². The zero-order valence-electron chi connectivity index (χ0n) is 12.9. The summed E-state index contributed by atoms with van der Waals surface area (Å²) >= 11 is 3.32. The minimum atomic E-state index is -0.848. The molecule has 2 aromatic rings. The molecule has 7 heteroatoms. The van der Waals surface area contributed by atoms with Crippen molar-refractivity contribution in [3.05, 3.63) is 58.6 Å². The highest BCUT2D eigenvalue weighted by Gasteiger charge is 2.16. The number of para-hydroxylation sites is 1. The van der Waals surface area contributed by atoms with Gasteiger partial charge < -0.3 is 10.2 Å². The Labute approximate surface area is 146 Å². The van der Waals surface area contributed by atoms with Crippen LogP contribution >= 0.6 is 15.9 Å². The van der Waals surface area contributed by atoms with Crippen molar-refractivity contribution in [3.8, 4) is 0 Å². The highest BCUT2D eigenvalue weighted by molar-refractivity contribution is 9.10. The lowest BCUT2D eigenvalue weighted by Gasteiger charge is -2.21. The fourth-order valence-electron chi connectivity index (χ4n) is 2.14. The number of hydrogen-bond donors (Lipinski definition) is 1. The Balaban J connectivity index is 2.04. The van der Waals surface area contributed by atoms with Gasteiger partial charge in [0.15, 0.2) is 0 Å². The molecule has 0 aliphatic carbocycles. The average Bonchev–Trinajstić information content (AvgIpc) is 2.51. The van der Waals surface area contributed by atoms with Gasteiger partial charge in [-0.25, -0.2) is 8.78 Å². The zero-order valence-corrected chi connectivity index (χ0v) is 14.4. The molecule has 0 aliphatic heterocycles. The Morgan fingerprint density at radius 1 is 1.12 bits per heavy atom. The summed E-state index contributed by atoms with van der Waals surface area (Å²) in [6, 6.07) is 10.4. The first kappa shape index (κ1) is 18.1. The van der Waals surface area contributed by atoms with Crippen molar-refractivity contribution in [1.29, 1.82) is 0 Å². The largest absolute Gasteiger partial charge is 0.321 e. The maximum absolute atomic E-state index is 13.5. The molecule has 1 N–H and O–H groups in total. The second-order valence-electron chi connectivity index (χ2n) is 5.05. The molecule has 0 saturated carbocycles. The van der Waals surface area contributed by atoms with E-state index in [0.29, 0.717) is 5.69 Å². The van der Waals surface area contributed by atoms with Crippen molar-refractivity contribution in [1.82, 2.24) is 0 Å². The van der Waals surface area contributed by atoms with Crippen LogP contribution in [0.25, 0.3) is 0 Å². The van der Waals surface area contributed by atoms with Crippen LogP contribution in [0.2, 0.25) is 0 Å². The quantitative estimate of drug-likeness (QED) is 0.826. The van der Waals surface area contributed by atoms with Crippen LogP contribution in [0.5, 0.6) is 0 Å². The first-order valence-corrected chi connectivity index (χ1v) is 7.95. The van der Waals surface area contributed by atoms with Crippen molar-refractivity contribution >= 4 is 39.1 Å². The van der Waals surface area contributed by atoms with E-state index in [1.807, 2.05) is 6.07 Å². The summed E-state index contributed by atoms with van der Waals surface area (Å²) in [7, 11) is 0. The predicted octanol–water partition coefficient (Wildman–Crippen LogP) is 4.11. The van der Waals surface area contributed by atoms with Crippen molar-refractivity contribution < 1.29 is 18.4 Å². The van der Waals surface area contributed by atoms with Gasteiger partial charge >= 0.3 is 0 Å². The molecule has 0 unspecified atom stereocenters. The van der Waals surface area contributed by atoms with Crippen LogP contribution in [0.3, 0.4) is 0 Å². The summed E-state index contributed by atoms with van der Waals surface area (Å²) in [6.07, 6.45) is -0.0974. The maximum Gasteiger partial charge on any atom is 0.226 e. The van der Waals surface area contributed by atoms with Crippen LogP contribution in [0.1, 0.15) is 13.3 Å². The monoisotopic (exact) mass is 396 g/mol. The van der Waals surface area contributed by atoms with Crippen molar-refractivity contribution in [3.63, 3.8) is 0 Å². The number of amides is 2. The lowest BCUT2D eigenvalue weighted by molar-refractivity contribution is -0.117. The lowest BCUT2D eigenvalue weighted by atomic mass is 10.2. The summed E-state index contributed by atoms with van der Waals surface area (Å²) < 4.78 is 27.8. The van der Waals surface area contributed by atoms with E-state index in [9.17, 15) is 18.4 Å². The molecule has 2 amide bonds. The van der Waals surface area contributed by atoms with E-state index in [0.717, 1.165) is 16.6 Å². The third-order valence-corrected chi connectivity index (χ3v) is 3.78.